The van der Waals surface area contributed by atoms with Crippen molar-refractivity contribution >= 4 is 5.91 Å². The summed E-state index contributed by atoms with van der Waals surface area (Å²) in [7, 11) is 0. The number of carbonyl (C=O) groups excluding carboxylic acids is 1. The lowest BCUT2D eigenvalue weighted by Crippen LogP contribution is -2.48. The normalized spacial score (nSPS) is 14.6. The minimum atomic E-state index is -0.383. The maximum absolute atomic E-state index is 12.0. The van der Waals surface area contributed by atoms with Crippen LogP contribution in [0.5, 0.6) is 0 Å². The standard InChI is InChI=1S/C12H26N2O2/c1-5-10(4)11(13)12(15)14(6-2)8-9-16-7-3/h10-11H,5-9,13H2,1-4H3/t10?,11-/m0/s1. The molecule has 4 nitrogen and oxygen atoms in total. The first kappa shape index (κ1) is 15.4. The van der Waals surface area contributed by atoms with Gasteiger partial charge >= 0.3 is 0 Å². The summed E-state index contributed by atoms with van der Waals surface area (Å²) in [5.74, 6) is 0.269. The lowest BCUT2D eigenvalue weighted by Gasteiger charge is -2.26. The first-order valence-electron chi connectivity index (χ1n) is 6.20. The Morgan fingerprint density at radius 3 is 2.44 bits per heavy atom. The zero-order chi connectivity index (χ0) is 12.6. The van der Waals surface area contributed by atoms with E-state index in [0.717, 1.165) is 6.42 Å². The van der Waals surface area contributed by atoms with Crippen LogP contribution in [0.1, 0.15) is 34.1 Å². The highest BCUT2D eigenvalue weighted by Gasteiger charge is 2.23. The molecule has 0 aliphatic rings. The Morgan fingerprint density at radius 2 is 2.00 bits per heavy atom. The second-order valence-corrected chi connectivity index (χ2v) is 4.03. The van der Waals surface area contributed by atoms with Crippen molar-refractivity contribution in [1.29, 1.82) is 0 Å². The fourth-order valence-corrected chi connectivity index (χ4v) is 1.45. The minimum absolute atomic E-state index is 0.0385. The molecule has 0 aliphatic carbocycles. The van der Waals surface area contributed by atoms with E-state index in [1.54, 1.807) is 4.90 Å². The summed E-state index contributed by atoms with van der Waals surface area (Å²) in [4.78, 5) is 13.8. The number of nitrogens with zero attached hydrogens (tertiary/aromatic N) is 1. The van der Waals surface area contributed by atoms with E-state index < -0.39 is 0 Å². The van der Waals surface area contributed by atoms with Gasteiger partial charge in [-0.05, 0) is 19.8 Å². The van der Waals surface area contributed by atoms with Gasteiger partial charge in [-0.3, -0.25) is 4.79 Å². The number of hydrogen-bond acceptors (Lipinski definition) is 3. The average Bonchev–Trinajstić information content (AvgIpc) is 2.32. The second-order valence-electron chi connectivity index (χ2n) is 4.03. The average molecular weight is 230 g/mol. The van der Waals surface area contributed by atoms with E-state index in [-0.39, 0.29) is 17.9 Å². The summed E-state index contributed by atoms with van der Waals surface area (Å²) in [5, 5.41) is 0. The van der Waals surface area contributed by atoms with Crippen LogP contribution in [-0.2, 0) is 9.53 Å². The number of ether oxygens (including phenoxy) is 1. The monoisotopic (exact) mass is 230 g/mol. The van der Waals surface area contributed by atoms with Crippen molar-refractivity contribution in [2.45, 2.75) is 40.2 Å². The predicted octanol–water partition coefficient (Wildman–Crippen LogP) is 1.24. The molecule has 0 radical (unpaired) electrons. The molecule has 0 aromatic carbocycles. The summed E-state index contributed by atoms with van der Waals surface area (Å²) in [6, 6.07) is -0.383. The fraction of sp³-hybridized carbons (Fsp3) is 0.917. The summed E-state index contributed by atoms with van der Waals surface area (Å²) in [5.41, 5.74) is 5.92. The third-order valence-corrected chi connectivity index (χ3v) is 2.95. The molecule has 0 rings (SSSR count). The molecule has 96 valence electrons. The molecule has 0 aromatic rings. The Labute approximate surface area is 99.1 Å². The smallest absolute Gasteiger partial charge is 0.239 e. The number of hydrogen-bond donors (Lipinski definition) is 1. The Bertz CT molecular complexity index is 197. The molecule has 0 fully saturated rings. The van der Waals surface area contributed by atoms with Gasteiger partial charge in [-0.1, -0.05) is 20.3 Å². The van der Waals surface area contributed by atoms with Gasteiger partial charge in [0, 0.05) is 19.7 Å². The van der Waals surface area contributed by atoms with E-state index in [2.05, 4.69) is 0 Å². The van der Waals surface area contributed by atoms with E-state index in [1.807, 2.05) is 27.7 Å². The number of nitrogens with two attached hydrogens (primary N) is 1. The zero-order valence-corrected chi connectivity index (χ0v) is 11.0. The van der Waals surface area contributed by atoms with Crippen molar-refractivity contribution in [3.63, 3.8) is 0 Å². The van der Waals surface area contributed by atoms with E-state index in [0.29, 0.717) is 26.3 Å². The van der Waals surface area contributed by atoms with Crippen molar-refractivity contribution in [2.75, 3.05) is 26.3 Å². The molecule has 2 atom stereocenters. The number of likely N-dealkylation sites (N-methyl/N-ethyl adjacent to an activating group) is 1. The number of rotatable bonds is 8. The molecule has 0 heterocycles. The van der Waals surface area contributed by atoms with Gasteiger partial charge in [0.15, 0.2) is 0 Å². The molecule has 0 bridgehead atoms. The van der Waals surface area contributed by atoms with E-state index in [4.69, 9.17) is 10.5 Å². The molecule has 0 aliphatic heterocycles. The minimum Gasteiger partial charge on any atom is -0.380 e. The van der Waals surface area contributed by atoms with Crippen LogP contribution in [0.3, 0.4) is 0 Å². The Kier molecular flexibility index (Phi) is 8.21. The molecule has 4 heteroatoms. The third kappa shape index (κ3) is 4.94. The van der Waals surface area contributed by atoms with E-state index in [1.165, 1.54) is 0 Å². The Morgan fingerprint density at radius 1 is 1.38 bits per heavy atom. The van der Waals surface area contributed by atoms with Crippen molar-refractivity contribution in [3.8, 4) is 0 Å². The Hall–Kier alpha value is -0.610. The first-order chi connectivity index (χ1) is 7.58. The fourth-order valence-electron chi connectivity index (χ4n) is 1.45. The molecule has 0 saturated heterocycles. The molecule has 2 N–H and O–H groups in total. The summed E-state index contributed by atoms with van der Waals surface area (Å²) < 4.78 is 5.25. The lowest BCUT2D eigenvalue weighted by molar-refractivity contribution is -0.134. The van der Waals surface area contributed by atoms with Gasteiger partial charge < -0.3 is 15.4 Å². The van der Waals surface area contributed by atoms with Gasteiger partial charge in [0.2, 0.25) is 5.91 Å². The number of carbonyl (C=O) groups is 1. The van der Waals surface area contributed by atoms with Gasteiger partial charge in [-0.15, -0.1) is 0 Å². The largest absolute Gasteiger partial charge is 0.380 e. The molecule has 0 aromatic heterocycles. The van der Waals surface area contributed by atoms with E-state index in [9.17, 15) is 4.79 Å². The molecule has 0 saturated carbocycles. The first-order valence-corrected chi connectivity index (χ1v) is 6.20. The van der Waals surface area contributed by atoms with Gasteiger partial charge in [0.25, 0.3) is 0 Å². The topological polar surface area (TPSA) is 55.6 Å². The van der Waals surface area contributed by atoms with Crippen LogP contribution in [0.15, 0.2) is 0 Å². The maximum Gasteiger partial charge on any atom is 0.239 e. The lowest BCUT2D eigenvalue weighted by atomic mass is 9.99. The Balaban J connectivity index is 4.18. The van der Waals surface area contributed by atoms with Crippen molar-refractivity contribution < 1.29 is 9.53 Å². The van der Waals surface area contributed by atoms with Crippen molar-refractivity contribution in [3.05, 3.63) is 0 Å². The summed E-state index contributed by atoms with van der Waals surface area (Å²) in [6.45, 7) is 10.6. The number of amides is 1. The van der Waals surface area contributed by atoms with Crippen LogP contribution < -0.4 is 5.73 Å². The van der Waals surface area contributed by atoms with Crippen LogP contribution >= 0.6 is 0 Å². The van der Waals surface area contributed by atoms with Gasteiger partial charge in [-0.2, -0.15) is 0 Å². The van der Waals surface area contributed by atoms with Crippen LogP contribution in [0, 0.1) is 5.92 Å². The highest BCUT2D eigenvalue weighted by Crippen LogP contribution is 2.08. The quantitative estimate of drug-likeness (QED) is 0.638. The summed E-state index contributed by atoms with van der Waals surface area (Å²) >= 11 is 0. The molecule has 1 amide bonds. The SMILES string of the molecule is CCOCCN(CC)C(=O)[C@@H](N)C(C)CC. The molecule has 1 unspecified atom stereocenters. The van der Waals surface area contributed by atoms with Gasteiger partial charge in [0.1, 0.15) is 0 Å². The second kappa shape index (κ2) is 8.53. The van der Waals surface area contributed by atoms with Gasteiger partial charge in [-0.25, -0.2) is 0 Å². The van der Waals surface area contributed by atoms with Gasteiger partial charge in [0.05, 0.1) is 12.6 Å². The van der Waals surface area contributed by atoms with Crippen molar-refractivity contribution in [2.24, 2.45) is 11.7 Å². The van der Waals surface area contributed by atoms with Crippen molar-refractivity contribution in [1.82, 2.24) is 4.90 Å². The van der Waals surface area contributed by atoms with Crippen LogP contribution in [0.25, 0.3) is 0 Å². The highest BCUT2D eigenvalue weighted by molar-refractivity contribution is 5.81. The maximum atomic E-state index is 12.0. The van der Waals surface area contributed by atoms with Crippen LogP contribution in [0.4, 0.5) is 0 Å². The molecular weight excluding hydrogens is 204 g/mol. The molecule has 0 spiro atoms. The third-order valence-electron chi connectivity index (χ3n) is 2.95. The predicted molar refractivity (Wildman–Crippen MR) is 66.2 cm³/mol. The highest BCUT2D eigenvalue weighted by atomic mass is 16.5. The van der Waals surface area contributed by atoms with Crippen LogP contribution in [0.2, 0.25) is 0 Å². The van der Waals surface area contributed by atoms with E-state index >= 15 is 0 Å². The van der Waals surface area contributed by atoms with Crippen LogP contribution in [-0.4, -0.2) is 43.2 Å². The molecular formula is C12H26N2O2. The molecule has 16 heavy (non-hydrogen) atoms. The summed E-state index contributed by atoms with van der Waals surface area (Å²) in [6.07, 6.45) is 0.927. The zero-order valence-electron chi connectivity index (χ0n) is 11.0.